The highest BCUT2D eigenvalue weighted by molar-refractivity contribution is 7.45. The molecule has 0 rings (SSSR count). The summed E-state index contributed by atoms with van der Waals surface area (Å²) in [4.78, 5) is 38.3. The second-order valence-corrected chi connectivity index (χ2v) is 31.6. The van der Waals surface area contributed by atoms with Crippen LogP contribution in [0.15, 0.2) is 146 Å². The van der Waals surface area contributed by atoms with Crippen molar-refractivity contribution in [3.05, 3.63) is 146 Å². The fourth-order valence-corrected chi connectivity index (χ4v) is 13.0. The summed E-state index contributed by atoms with van der Waals surface area (Å²) in [6.45, 7) is 4.15. The third-order valence-electron chi connectivity index (χ3n) is 18.8. The molecule has 104 heavy (non-hydrogen) atoms. The molecule has 0 bridgehead atoms. The molecule has 0 radical (unpaired) electrons. The van der Waals surface area contributed by atoms with Crippen molar-refractivity contribution in [3.63, 3.8) is 0 Å². The average molecular weight is 1470 g/mol. The zero-order valence-corrected chi connectivity index (χ0v) is 69.3. The Kier molecular flexibility index (Phi) is 79.7. The number of phosphoric ester groups is 1. The molecule has 0 heterocycles. The van der Waals surface area contributed by atoms with E-state index in [0.29, 0.717) is 17.4 Å². The third-order valence-corrected chi connectivity index (χ3v) is 19.8. The second-order valence-electron chi connectivity index (χ2n) is 30.2. The van der Waals surface area contributed by atoms with Crippen LogP contribution in [0.3, 0.4) is 0 Å². The maximum Gasteiger partial charge on any atom is 0.306 e. The number of rotatable bonds is 80. The molecule has 9 nitrogen and oxygen atoms in total. The molecule has 0 aromatic rings. The lowest BCUT2D eigenvalue weighted by atomic mass is 10.0. The first kappa shape index (κ1) is 99.9. The van der Waals surface area contributed by atoms with Gasteiger partial charge in [0, 0.05) is 12.8 Å². The normalized spacial score (nSPS) is 13.7. The lowest BCUT2D eigenvalue weighted by molar-refractivity contribution is -0.870. The molecule has 0 aliphatic rings. The van der Waals surface area contributed by atoms with E-state index in [9.17, 15) is 19.0 Å². The van der Waals surface area contributed by atoms with Crippen LogP contribution < -0.4 is 4.89 Å². The van der Waals surface area contributed by atoms with E-state index in [2.05, 4.69) is 160 Å². The molecule has 598 valence electrons. The Balaban J connectivity index is 3.95. The monoisotopic (exact) mass is 1470 g/mol. The quantitative estimate of drug-likeness (QED) is 0.0195. The molecule has 0 saturated carbocycles. The van der Waals surface area contributed by atoms with Crippen LogP contribution in [0.4, 0.5) is 0 Å². The Bertz CT molecular complexity index is 2280. The van der Waals surface area contributed by atoms with Crippen LogP contribution in [0, 0.1) is 0 Å². The molecule has 0 saturated heterocycles. The van der Waals surface area contributed by atoms with Crippen LogP contribution in [-0.4, -0.2) is 70.0 Å². The van der Waals surface area contributed by atoms with Gasteiger partial charge in [0.05, 0.1) is 27.7 Å². The van der Waals surface area contributed by atoms with Gasteiger partial charge in [-0.25, -0.2) is 0 Å². The number of hydrogen-bond acceptors (Lipinski definition) is 8. The van der Waals surface area contributed by atoms with E-state index in [-0.39, 0.29) is 32.0 Å². The van der Waals surface area contributed by atoms with Gasteiger partial charge in [0.2, 0.25) is 0 Å². The lowest BCUT2D eigenvalue weighted by Crippen LogP contribution is -2.37. The lowest BCUT2D eigenvalue weighted by Gasteiger charge is -2.28. The first-order chi connectivity index (χ1) is 51.0. The molecule has 0 amide bonds. The van der Waals surface area contributed by atoms with Gasteiger partial charge in [-0.1, -0.05) is 397 Å². The van der Waals surface area contributed by atoms with Crippen LogP contribution in [0.25, 0.3) is 0 Å². The average Bonchev–Trinajstić information content (AvgIpc) is 0.920. The third kappa shape index (κ3) is 86.8. The van der Waals surface area contributed by atoms with E-state index in [4.69, 9.17) is 18.5 Å². The number of hydrogen-bond donors (Lipinski definition) is 0. The predicted molar refractivity (Wildman–Crippen MR) is 452 cm³/mol. The van der Waals surface area contributed by atoms with E-state index in [1.807, 2.05) is 21.1 Å². The van der Waals surface area contributed by atoms with Crippen molar-refractivity contribution in [3.8, 4) is 0 Å². The van der Waals surface area contributed by atoms with E-state index in [1.165, 1.54) is 244 Å². The number of carbonyl (C=O) groups is 2. The number of carbonyl (C=O) groups excluding carboxylic acids is 2. The molecule has 0 spiro atoms. The SMILES string of the molecule is CC/C=C\C/C=C\C/C=C\C/C=C\C/C=C\C/C=C\C/C=C\C/C=C\C/C=C\CCCCCCCCCCCCCCCC(=O)OC(COC(=O)CCCCCCCCCCCCCCCCCCCCCCCCCC/C=C\C/C=C\C/C=C\CCCCCCC)COP(=O)([O-])OCC[N+](C)(C)C. The molecule has 10 heteroatoms. The van der Waals surface area contributed by atoms with Gasteiger partial charge in [0.25, 0.3) is 7.82 Å². The topological polar surface area (TPSA) is 111 Å². The molecule has 0 N–H and O–H groups in total. The van der Waals surface area contributed by atoms with E-state index in [0.717, 1.165) is 109 Å². The summed E-state index contributed by atoms with van der Waals surface area (Å²) in [6.07, 6.45) is 123. The number of quaternary nitrogens is 1. The Morgan fingerprint density at radius 2 is 0.548 bits per heavy atom. The van der Waals surface area contributed by atoms with Crippen molar-refractivity contribution in [2.24, 2.45) is 0 Å². The largest absolute Gasteiger partial charge is 0.756 e. The second kappa shape index (κ2) is 82.9. The number of esters is 2. The minimum Gasteiger partial charge on any atom is -0.756 e. The standard InChI is InChI=1S/C94H164NO8P/c1-6-8-10-12-14-16-18-20-22-24-26-28-30-32-34-36-38-40-42-44-46-47-49-51-53-55-57-59-61-63-65-67-69-71-73-75-77-79-81-83-85-87-94(97)103-92(91-102-104(98,99)101-89-88-95(3,4)5)90-100-93(96)86-84-82-80-78-76-74-72-70-68-66-64-62-60-58-56-54-52-50-48-45-43-41-39-37-35-33-31-29-27-25-23-21-19-17-15-13-11-9-7-2/h8,10,14,16,19-22,25-28,31-34,38,40,44,46,49,51,55,57,92H,6-7,9,11-13,15,17-18,23-24,29-30,35-37,39,41-43,45,47-48,50,52-54,56,58-91H2,1-5H3/b10-8-,16-14-,21-19-,22-20-,27-25-,28-26-,33-31-,34-32-,40-38-,46-44-,51-49-,57-55-. The molecule has 0 fully saturated rings. The van der Waals surface area contributed by atoms with Gasteiger partial charge in [0.15, 0.2) is 6.10 Å². The molecular weight excluding hydrogens is 1300 g/mol. The summed E-state index contributed by atoms with van der Waals surface area (Å²) < 4.78 is 34.5. The Morgan fingerprint density at radius 3 is 0.817 bits per heavy atom. The number of allylic oxidation sites excluding steroid dienone is 24. The van der Waals surface area contributed by atoms with Crippen molar-refractivity contribution in [1.82, 2.24) is 0 Å². The Hall–Kier alpha value is -4.11. The highest BCUT2D eigenvalue weighted by atomic mass is 31.2. The fourth-order valence-electron chi connectivity index (χ4n) is 12.3. The summed E-state index contributed by atoms with van der Waals surface area (Å²) in [5.41, 5.74) is 0. The zero-order valence-electron chi connectivity index (χ0n) is 68.4. The van der Waals surface area contributed by atoms with Crippen molar-refractivity contribution < 1.29 is 42.1 Å². The maximum atomic E-state index is 12.9. The van der Waals surface area contributed by atoms with Crippen molar-refractivity contribution in [2.75, 3.05) is 47.5 Å². The minimum atomic E-state index is -4.65. The molecule has 0 aliphatic heterocycles. The summed E-state index contributed by atoms with van der Waals surface area (Å²) in [6, 6.07) is 0. The molecule has 0 aliphatic carbocycles. The van der Waals surface area contributed by atoms with Crippen molar-refractivity contribution in [2.45, 2.75) is 392 Å². The first-order valence-electron chi connectivity index (χ1n) is 43.5. The van der Waals surface area contributed by atoms with Gasteiger partial charge >= 0.3 is 11.9 Å². The molecule has 0 aromatic carbocycles. The maximum absolute atomic E-state index is 12.9. The van der Waals surface area contributed by atoms with Gasteiger partial charge in [0.1, 0.15) is 19.8 Å². The Labute approximate surface area is 643 Å². The van der Waals surface area contributed by atoms with E-state index < -0.39 is 26.5 Å². The number of likely N-dealkylation sites (N-methyl/N-ethyl adjacent to an activating group) is 1. The first-order valence-corrected chi connectivity index (χ1v) is 45.0. The molecular formula is C94H164NO8P. The minimum absolute atomic E-state index is 0.0342. The number of ether oxygens (including phenoxy) is 2. The van der Waals surface area contributed by atoms with Gasteiger partial charge in [-0.05, 0) is 122 Å². The van der Waals surface area contributed by atoms with Crippen molar-refractivity contribution in [1.29, 1.82) is 0 Å². The van der Waals surface area contributed by atoms with Gasteiger partial charge < -0.3 is 27.9 Å². The van der Waals surface area contributed by atoms with Crippen LogP contribution in [0.1, 0.15) is 386 Å². The smallest absolute Gasteiger partial charge is 0.306 e. The molecule has 2 atom stereocenters. The van der Waals surface area contributed by atoms with Crippen LogP contribution >= 0.6 is 7.82 Å². The molecule has 0 aromatic heterocycles. The van der Waals surface area contributed by atoms with E-state index in [1.54, 1.807) is 0 Å². The Morgan fingerprint density at radius 1 is 0.308 bits per heavy atom. The highest BCUT2D eigenvalue weighted by Crippen LogP contribution is 2.38. The summed E-state index contributed by atoms with van der Waals surface area (Å²) >= 11 is 0. The van der Waals surface area contributed by atoms with Crippen LogP contribution in [0.5, 0.6) is 0 Å². The predicted octanol–water partition coefficient (Wildman–Crippen LogP) is 29.0. The molecule has 2 unspecified atom stereocenters. The van der Waals surface area contributed by atoms with Gasteiger partial charge in [-0.15, -0.1) is 0 Å². The number of unbranched alkanes of at least 4 members (excludes halogenated alkanes) is 42. The summed E-state index contributed by atoms with van der Waals surface area (Å²) in [7, 11) is 1.17. The van der Waals surface area contributed by atoms with Gasteiger partial charge in [-0.3, -0.25) is 14.2 Å². The van der Waals surface area contributed by atoms with E-state index >= 15 is 0 Å². The number of phosphoric acid groups is 1. The summed E-state index contributed by atoms with van der Waals surface area (Å²) in [5, 5.41) is 0. The zero-order chi connectivity index (χ0) is 75.4. The summed E-state index contributed by atoms with van der Waals surface area (Å²) in [5.74, 6) is -0.824. The van der Waals surface area contributed by atoms with Crippen molar-refractivity contribution >= 4 is 19.8 Å². The fraction of sp³-hybridized carbons (Fsp3) is 0.723. The number of nitrogens with zero attached hydrogens (tertiary/aromatic N) is 1. The van der Waals surface area contributed by atoms with Crippen LogP contribution in [-0.2, 0) is 32.7 Å². The highest BCUT2D eigenvalue weighted by Gasteiger charge is 2.22. The van der Waals surface area contributed by atoms with Gasteiger partial charge in [-0.2, -0.15) is 0 Å². The van der Waals surface area contributed by atoms with Crippen LogP contribution in [0.2, 0.25) is 0 Å².